The molecule has 406 valence electrons. The molecule has 7 nitrogen and oxygen atoms in total. The van der Waals surface area contributed by atoms with Crippen molar-refractivity contribution in [2.45, 2.75) is 180 Å². The molecule has 0 radical (unpaired) electrons. The van der Waals surface area contributed by atoms with E-state index >= 15 is 0 Å². The highest BCUT2D eigenvalue weighted by atomic mass is 32.2. The van der Waals surface area contributed by atoms with E-state index in [4.69, 9.17) is 0 Å². The maximum absolute atomic E-state index is 13.4. The van der Waals surface area contributed by atoms with Gasteiger partial charge < -0.3 is 0 Å². The van der Waals surface area contributed by atoms with Gasteiger partial charge in [-0.25, -0.2) is 0 Å². The Balaban J connectivity index is 0.763. The van der Waals surface area contributed by atoms with Crippen molar-refractivity contribution in [3.63, 3.8) is 0 Å². The summed E-state index contributed by atoms with van der Waals surface area (Å²) < 4.78 is 93.7. The van der Waals surface area contributed by atoms with Gasteiger partial charge in [0, 0.05) is 156 Å². The maximum Gasteiger partial charge on any atom is 0.0263 e. The fraction of sp³-hybridized carbons (Fsp3) is 1.00. The highest BCUT2D eigenvalue weighted by Gasteiger charge is 2.33. The summed E-state index contributed by atoms with van der Waals surface area (Å²) in [4.78, 5) is 0. The second-order valence-electron chi connectivity index (χ2n) is 25.6. The van der Waals surface area contributed by atoms with E-state index in [0.29, 0.717) is 82.9 Å². The van der Waals surface area contributed by atoms with Crippen LogP contribution >= 0.6 is 0 Å². The highest BCUT2D eigenvalue weighted by Crippen LogP contribution is 2.38. The molecule has 0 unspecified atom stereocenters. The van der Waals surface area contributed by atoms with Crippen molar-refractivity contribution in [3.8, 4) is 0 Å². The molecule has 8 heterocycles. The third kappa shape index (κ3) is 19.8. The fourth-order valence-corrected chi connectivity index (χ4v) is 28.1. The van der Waals surface area contributed by atoms with E-state index in [1.54, 1.807) is 0 Å². The lowest BCUT2D eigenvalue weighted by molar-refractivity contribution is 0.302. The van der Waals surface area contributed by atoms with Crippen LogP contribution < -0.4 is 0 Å². The molecular weight excluding hydrogens is 1010 g/mol. The molecule has 70 heavy (non-hydrogen) atoms. The molecule has 15 fully saturated rings. The van der Waals surface area contributed by atoms with Crippen molar-refractivity contribution in [3.05, 3.63) is 0 Å². The summed E-state index contributed by atoms with van der Waals surface area (Å²) in [6.45, 7) is 0. The molecule has 0 spiro atoms. The Kier molecular flexibility index (Phi) is 24.3. The second-order valence-corrected chi connectivity index (χ2v) is 36.4. The zero-order valence-electron chi connectivity index (χ0n) is 43.5. The third-order valence-electron chi connectivity index (χ3n) is 19.7. The summed E-state index contributed by atoms with van der Waals surface area (Å²) in [5, 5.41) is 0. The first-order valence-corrected chi connectivity index (χ1v) is 39.8. The van der Waals surface area contributed by atoms with E-state index in [2.05, 4.69) is 0 Å². The number of hydrogen-bond acceptors (Lipinski definition) is 7. The SMILES string of the molecule is O=S1CC2CCC(CC2)CS(=O)CC2CCC(CC2)CS(=O)CC2CCC(CC2)CS(=O)CC2CCC(CC2)CS(=O)CC2CCC(CC2)CS(=O)CC2CCC(CC2)CS(=O)CC2CCC(CC2)C1. The van der Waals surface area contributed by atoms with E-state index < -0.39 is 75.6 Å². The largest absolute Gasteiger partial charge is 0.260 e. The van der Waals surface area contributed by atoms with Gasteiger partial charge in [0.2, 0.25) is 0 Å². The van der Waals surface area contributed by atoms with Gasteiger partial charge in [0.05, 0.1) is 0 Å². The standard InChI is InChI=1S/C56H98O7S7/c57-64-29-43-1-2-44(4-3-43)30-65(58)32-46-9-11-48(12-10-46)34-67(60)36-50-17-19-52(20-18-50)38-69(62)40-54-25-27-56(28-26-54)42-70(63)41-55-23-21-53(22-24-55)39-68(61)37-51-15-13-49(14-16-51)35-66(59)33-47-7-5-45(31-64)6-8-47/h43-56H,1-42H2. The number of hydrogen-bond donors (Lipinski definition) is 0. The van der Waals surface area contributed by atoms with E-state index in [9.17, 15) is 29.5 Å². The van der Waals surface area contributed by atoms with Crippen LogP contribution in [0.25, 0.3) is 0 Å². The lowest BCUT2D eigenvalue weighted by Crippen LogP contribution is -2.29. The van der Waals surface area contributed by atoms with Crippen LogP contribution in [0.3, 0.4) is 0 Å². The molecule has 0 aromatic rings. The first kappa shape index (κ1) is 57.2. The van der Waals surface area contributed by atoms with Gasteiger partial charge in [-0.05, 0) is 263 Å². The van der Waals surface area contributed by atoms with Crippen LogP contribution in [-0.4, -0.2) is 110 Å². The average molecular weight is 1110 g/mol. The Morgan fingerprint density at radius 1 is 0.129 bits per heavy atom. The topological polar surface area (TPSA) is 119 Å². The van der Waals surface area contributed by atoms with Crippen molar-refractivity contribution in [2.75, 3.05) is 80.5 Å². The molecule has 0 aromatic carbocycles. The van der Waals surface area contributed by atoms with Crippen molar-refractivity contribution in [1.29, 1.82) is 0 Å². The molecule has 8 saturated heterocycles. The second kappa shape index (κ2) is 29.7. The Morgan fingerprint density at radius 3 is 0.243 bits per heavy atom. The van der Waals surface area contributed by atoms with E-state index in [-0.39, 0.29) is 0 Å². The van der Waals surface area contributed by atoms with Crippen molar-refractivity contribution in [1.82, 2.24) is 0 Å². The van der Waals surface area contributed by atoms with Crippen LogP contribution in [0.2, 0.25) is 0 Å². The zero-order chi connectivity index (χ0) is 48.8. The number of fused-ring (bicyclic) bond motifs is 7. The molecule has 0 aromatic heterocycles. The summed E-state index contributed by atoms with van der Waals surface area (Å²) in [5.41, 5.74) is 0. The van der Waals surface area contributed by atoms with E-state index in [1.165, 1.54) is 0 Å². The van der Waals surface area contributed by atoms with Crippen molar-refractivity contribution in [2.24, 2.45) is 82.9 Å². The number of rotatable bonds is 0. The summed E-state index contributed by atoms with van der Waals surface area (Å²) >= 11 is 0. The smallest absolute Gasteiger partial charge is 0.0263 e. The van der Waals surface area contributed by atoms with Crippen LogP contribution in [0.1, 0.15) is 180 Å². The quantitative estimate of drug-likeness (QED) is 0.237. The summed E-state index contributed by atoms with van der Waals surface area (Å²) in [6.07, 6.45) is 31.7. The Bertz CT molecular complexity index is 1270. The first-order chi connectivity index (χ1) is 33.9. The van der Waals surface area contributed by atoms with Crippen LogP contribution in [0.4, 0.5) is 0 Å². The minimum Gasteiger partial charge on any atom is -0.260 e. The van der Waals surface area contributed by atoms with Crippen LogP contribution in [0, 0.1) is 82.9 Å². The van der Waals surface area contributed by atoms with Gasteiger partial charge in [0.1, 0.15) is 0 Å². The first-order valence-electron chi connectivity index (χ1n) is 29.4. The van der Waals surface area contributed by atoms with Gasteiger partial charge in [-0.15, -0.1) is 0 Å². The molecule has 0 N–H and O–H groups in total. The Morgan fingerprint density at radius 2 is 0.186 bits per heavy atom. The molecule has 7 aliphatic carbocycles. The molecule has 0 atom stereocenters. The molecule has 15 aliphatic rings. The normalized spacial score (nSPS) is 47.0. The zero-order valence-corrected chi connectivity index (χ0v) is 49.2. The van der Waals surface area contributed by atoms with Crippen molar-refractivity contribution < 1.29 is 29.5 Å². The lowest BCUT2D eigenvalue weighted by atomic mass is 9.84. The molecule has 0 amide bonds. The van der Waals surface area contributed by atoms with Crippen LogP contribution in [0.5, 0.6) is 0 Å². The Hall–Kier alpha value is 1.05. The molecule has 7 saturated carbocycles. The van der Waals surface area contributed by atoms with Gasteiger partial charge in [0.25, 0.3) is 0 Å². The fourth-order valence-electron chi connectivity index (χ4n) is 15.1. The predicted molar refractivity (Wildman–Crippen MR) is 303 cm³/mol. The van der Waals surface area contributed by atoms with Crippen LogP contribution in [-0.2, 0) is 75.6 Å². The molecule has 14 heteroatoms. The molecule has 8 aliphatic heterocycles. The minimum absolute atomic E-state index is 0.543. The summed E-state index contributed by atoms with van der Waals surface area (Å²) in [5.74, 6) is 19.3. The molecule has 14 bridgehead atoms. The van der Waals surface area contributed by atoms with Crippen molar-refractivity contribution >= 4 is 75.6 Å². The van der Waals surface area contributed by atoms with Gasteiger partial charge in [0.15, 0.2) is 0 Å². The Labute approximate surface area is 444 Å². The monoisotopic (exact) mass is 1110 g/mol. The average Bonchev–Trinajstić information content (AvgIpc) is 3.33. The third-order valence-corrected chi connectivity index (χ3v) is 31.5. The predicted octanol–water partition coefficient (Wildman–Crippen LogP) is 10.9. The molecular formula is C56H98O7S7. The van der Waals surface area contributed by atoms with E-state index in [0.717, 1.165) is 260 Å². The van der Waals surface area contributed by atoms with E-state index in [1.807, 2.05) is 0 Å². The lowest BCUT2D eigenvalue weighted by Gasteiger charge is -2.32. The minimum atomic E-state index is -0.771. The van der Waals surface area contributed by atoms with Gasteiger partial charge in [-0.1, -0.05) is 0 Å². The highest BCUT2D eigenvalue weighted by molar-refractivity contribution is 7.86. The van der Waals surface area contributed by atoms with Gasteiger partial charge in [-0.3, -0.25) is 29.5 Å². The summed E-state index contributed by atoms with van der Waals surface area (Å²) in [7, 11) is -5.40. The van der Waals surface area contributed by atoms with Gasteiger partial charge >= 0.3 is 0 Å². The summed E-state index contributed by atoms with van der Waals surface area (Å²) in [6, 6.07) is 0. The maximum atomic E-state index is 13.4. The van der Waals surface area contributed by atoms with Crippen LogP contribution in [0.15, 0.2) is 0 Å². The molecule has 15 rings (SSSR count). The van der Waals surface area contributed by atoms with Gasteiger partial charge in [-0.2, -0.15) is 0 Å².